The van der Waals surface area contributed by atoms with Crippen LogP contribution in [0.3, 0.4) is 0 Å². The minimum absolute atomic E-state index is 0.141. The minimum Gasteiger partial charge on any atom is -0.491 e. The summed E-state index contributed by atoms with van der Waals surface area (Å²) in [6.07, 6.45) is 1.20. The van der Waals surface area contributed by atoms with E-state index in [0.29, 0.717) is 24.7 Å². The van der Waals surface area contributed by atoms with Crippen molar-refractivity contribution >= 4 is 22.7 Å². The largest absolute Gasteiger partial charge is 0.491 e. The van der Waals surface area contributed by atoms with Gasteiger partial charge in [-0.25, -0.2) is 4.79 Å². The zero-order valence-corrected chi connectivity index (χ0v) is 20.7. The fraction of sp³-hybridized carbons (Fsp3) is 0.250. The van der Waals surface area contributed by atoms with E-state index in [0.717, 1.165) is 33.2 Å². The lowest BCUT2D eigenvalue weighted by atomic mass is 9.87. The molecule has 0 fully saturated rings. The molecule has 1 heterocycles. The molecule has 1 aromatic heterocycles. The Kier molecular flexibility index (Phi) is 8.37. The Morgan fingerprint density at radius 3 is 2.62 bits per heavy atom. The first-order valence-corrected chi connectivity index (χ1v) is 11.9. The molecule has 1 amide bonds. The van der Waals surface area contributed by atoms with Crippen LogP contribution in [0.1, 0.15) is 28.2 Å². The molecule has 0 saturated carbocycles. The molecule has 1 atom stereocenters. The van der Waals surface area contributed by atoms with E-state index in [1.807, 2.05) is 61.5 Å². The van der Waals surface area contributed by atoms with Crippen LogP contribution in [0.5, 0.6) is 5.75 Å². The lowest BCUT2D eigenvalue weighted by Gasteiger charge is -2.18. The van der Waals surface area contributed by atoms with Gasteiger partial charge in [0.05, 0.1) is 12.5 Å². The topological polar surface area (TPSA) is 116 Å². The summed E-state index contributed by atoms with van der Waals surface area (Å²) >= 11 is 0. The number of hydrogen-bond acceptors (Lipinski definition) is 6. The Morgan fingerprint density at radius 2 is 1.86 bits per heavy atom. The van der Waals surface area contributed by atoms with Crippen LogP contribution < -0.4 is 10.1 Å². The molecule has 192 valence electrons. The number of nitrogens with zero attached hydrogens (tertiary/aromatic N) is 1. The van der Waals surface area contributed by atoms with E-state index in [2.05, 4.69) is 10.3 Å². The van der Waals surface area contributed by atoms with Crippen molar-refractivity contribution in [2.45, 2.75) is 19.4 Å². The van der Waals surface area contributed by atoms with Gasteiger partial charge in [-0.2, -0.15) is 0 Å². The first-order chi connectivity index (χ1) is 18.0. The van der Waals surface area contributed by atoms with Crippen molar-refractivity contribution in [3.63, 3.8) is 0 Å². The van der Waals surface area contributed by atoms with E-state index in [1.165, 1.54) is 0 Å². The van der Waals surface area contributed by atoms with Gasteiger partial charge < -0.3 is 19.2 Å². The van der Waals surface area contributed by atoms with Crippen molar-refractivity contribution in [1.29, 1.82) is 0 Å². The molecule has 1 unspecified atom stereocenters. The number of nitrogens with one attached hydrogen (secondary N) is 2. The summed E-state index contributed by atoms with van der Waals surface area (Å²) in [4.78, 5) is 27.0. The number of ether oxygens (including phenoxy) is 3. The van der Waals surface area contributed by atoms with Crippen LogP contribution in [-0.4, -0.2) is 42.9 Å². The van der Waals surface area contributed by atoms with Crippen molar-refractivity contribution in [2.24, 2.45) is 0 Å². The van der Waals surface area contributed by atoms with Crippen molar-refractivity contribution < 1.29 is 23.9 Å². The SMILES string of the molecule is COCCOc1ccc2c(C(C[N+](=O)[O-])c3cccc(NC(=O)OCc4ccccc4)c3C)c[nH]c2c1. The number of amides is 1. The molecule has 9 heteroatoms. The third-order valence-electron chi connectivity index (χ3n) is 6.15. The molecule has 9 nitrogen and oxygen atoms in total. The number of methoxy groups -OCH3 is 1. The highest BCUT2D eigenvalue weighted by molar-refractivity contribution is 5.87. The number of fused-ring (bicyclic) bond motifs is 1. The summed E-state index contributed by atoms with van der Waals surface area (Å²) in [6, 6.07) is 20.4. The molecular weight excluding hydrogens is 474 g/mol. The summed E-state index contributed by atoms with van der Waals surface area (Å²) in [7, 11) is 1.61. The molecule has 0 radical (unpaired) electrons. The minimum atomic E-state index is -0.594. The first-order valence-electron chi connectivity index (χ1n) is 11.9. The van der Waals surface area contributed by atoms with Crippen molar-refractivity contribution in [3.05, 3.63) is 105 Å². The average Bonchev–Trinajstić information content (AvgIpc) is 3.31. The third kappa shape index (κ3) is 6.45. The Morgan fingerprint density at radius 1 is 1.05 bits per heavy atom. The van der Waals surface area contributed by atoms with E-state index in [-0.39, 0.29) is 18.1 Å². The Balaban J connectivity index is 1.58. The maximum atomic E-state index is 12.5. The van der Waals surface area contributed by atoms with E-state index in [4.69, 9.17) is 14.2 Å². The van der Waals surface area contributed by atoms with Crippen molar-refractivity contribution in [2.75, 3.05) is 32.2 Å². The smallest absolute Gasteiger partial charge is 0.411 e. The van der Waals surface area contributed by atoms with E-state index >= 15 is 0 Å². The monoisotopic (exact) mass is 503 g/mol. The van der Waals surface area contributed by atoms with Crippen LogP contribution in [-0.2, 0) is 16.1 Å². The lowest BCUT2D eigenvalue weighted by Crippen LogP contribution is -2.17. The summed E-state index contributed by atoms with van der Waals surface area (Å²) < 4.78 is 16.1. The van der Waals surface area contributed by atoms with Gasteiger partial charge in [-0.05, 0) is 47.4 Å². The Hall–Kier alpha value is -4.37. The predicted molar refractivity (Wildman–Crippen MR) is 141 cm³/mol. The van der Waals surface area contributed by atoms with E-state index in [9.17, 15) is 14.9 Å². The molecule has 4 rings (SSSR count). The molecule has 2 N–H and O–H groups in total. The fourth-order valence-corrected chi connectivity index (χ4v) is 4.30. The number of anilines is 1. The van der Waals surface area contributed by atoms with Gasteiger partial charge in [0.25, 0.3) is 0 Å². The Labute approximate surface area is 214 Å². The van der Waals surface area contributed by atoms with Gasteiger partial charge in [-0.3, -0.25) is 15.4 Å². The summed E-state index contributed by atoms with van der Waals surface area (Å²) in [5.74, 6) is 0.145. The molecule has 37 heavy (non-hydrogen) atoms. The number of aromatic nitrogens is 1. The van der Waals surface area contributed by atoms with Gasteiger partial charge >= 0.3 is 6.09 Å². The number of carbonyl (C=O) groups is 1. The van der Waals surface area contributed by atoms with Gasteiger partial charge in [0.2, 0.25) is 6.54 Å². The fourth-order valence-electron chi connectivity index (χ4n) is 4.30. The number of aromatic amines is 1. The van der Waals surface area contributed by atoms with Gasteiger partial charge in [-0.15, -0.1) is 0 Å². The highest BCUT2D eigenvalue weighted by Crippen LogP contribution is 2.36. The highest BCUT2D eigenvalue weighted by Gasteiger charge is 2.26. The molecular formula is C28H29N3O6. The highest BCUT2D eigenvalue weighted by atomic mass is 16.6. The second kappa shape index (κ2) is 12.0. The maximum Gasteiger partial charge on any atom is 0.411 e. The van der Waals surface area contributed by atoms with E-state index < -0.39 is 12.0 Å². The molecule has 3 aromatic carbocycles. The summed E-state index contributed by atoms with van der Waals surface area (Å²) in [5.41, 5.74) is 4.51. The van der Waals surface area contributed by atoms with Gasteiger partial charge in [0.1, 0.15) is 19.0 Å². The van der Waals surface area contributed by atoms with Crippen LogP contribution in [0, 0.1) is 17.0 Å². The normalized spacial score (nSPS) is 11.7. The maximum absolute atomic E-state index is 12.5. The molecule has 0 bridgehead atoms. The lowest BCUT2D eigenvalue weighted by molar-refractivity contribution is -0.481. The number of H-pyrrole nitrogens is 1. The predicted octanol–water partition coefficient (Wildman–Crippen LogP) is 5.66. The standard InChI is InChI=1S/C28H29N3O6/c1-19-22(9-6-10-26(19)30-28(32)37-18-20-7-4-3-5-8-20)25(17-31(33)34)24-16-29-27-15-21(11-12-23(24)27)36-14-13-35-2/h3-12,15-16,25,29H,13-14,17-18H2,1-2H3,(H,30,32). The Bertz CT molecular complexity index is 1370. The zero-order chi connectivity index (χ0) is 26.2. The molecule has 4 aromatic rings. The first kappa shape index (κ1) is 25.7. The van der Waals surface area contributed by atoms with Crippen LogP contribution in [0.4, 0.5) is 10.5 Å². The second-order valence-corrected chi connectivity index (χ2v) is 8.57. The number of carbonyl (C=O) groups excluding carboxylic acids is 1. The van der Waals surface area contributed by atoms with Crippen molar-refractivity contribution in [3.8, 4) is 5.75 Å². The van der Waals surface area contributed by atoms with Crippen LogP contribution in [0.2, 0.25) is 0 Å². The molecule has 0 aliphatic rings. The number of benzene rings is 3. The molecule has 0 aliphatic heterocycles. The third-order valence-corrected chi connectivity index (χ3v) is 6.15. The quantitative estimate of drug-likeness (QED) is 0.155. The number of hydrogen-bond donors (Lipinski definition) is 2. The zero-order valence-electron chi connectivity index (χ0n) is 20.7. The van der Waals surface area contributed by atoms with Gasteiger partial charge in [0.15, 0.2) is 0 Å². The molecule has 0 spiro atoms. The number of nitro groups is 1. The summed E-state index contributed by atoms with van der Waals surface area (Å²) in [6.45, 7) is 2.57. The number of rotatable bonds is 11. The van der Waals surface area contributed by atoms with Crippen LogP contribution in [0.25, 0.3) is 10.9 Å². The van der Waals surface area contributed by atoms with Gasteiger partial charge in [-0.1, -0.05) is 42.5 Å². The molecule has 0 aliphatic carbocycles. The van der Waals surface area contributed by atoms with Crippen LogP contribution in [0.15, 0.2) is 72.9 Å². The summed E-state index contributed by atoms with van der Waals surface area (Å²) in [5, 5.41) is 15.3. The van der Waals surface area contributed by atoms with Crippen LogP contribution >= 0.6 is 0 Å². The van der Waals surface area contributed by atoms with Gasteiger partial charge in [0, 0.05) is 40.9 Å². The van der Waals surface area contributed by atoms with E-state index in [1.54, 1.807) is 25.4 Å². The molecule has 0 saturated heterocycles. The average molecular weight is 504 g/mol. The second-order valence-electron chi connectivity index (χ2n) is 8.57. The van der Waals surface area contributed by atoms with Crippen molar-refractivity contribution in [1.82, 2.24) is 4.98 Å².